The smallest absolute Gasteiger partial charge is 0.238 e. The molecule has 1 N–H and O–H groups in total. The molecule has 0 aliphatic rings. The SMILES string of the molecule is Brc1ccc(-c2ccc(-c3noc(Cc4c[nH]c5ccccc45)n3)o2)cc1. The van der Waals surface area contributed by atoms with Crippen LogP contribution in [0.1, 0.15) is 11.5 Å². The molecular formula is C21H14BrN3O2. The molecule has 5 rings (SSSR count). The lowest BCUT2D eigenvalue weighted by molar-refractivity contribution is 0.384. The molecule has 0 spiro atoms. The van der Waals surface area contributed by atoms with E-state index in [2.05, 4.69) is 37.1 Å². The molecule has 0 saturated heterocycles. The van der Waals surface area contributed by atoms with Crippen LogP contribution in [0.25, 0.3) is 33.8 Å². The summed E-state index contributed by atoms with van der Waals surface area (Å²) in [5.41, 5.74) is 3.21. The minimum absolute atomic E-state index is 0.452. The van der Waals surface area contributed by atoms with Crippen molar-refractivity contribution < 1.29 is 8.94 Å². The minimum Gasteiger partial charge on any atom is -0.453 e. The van der Waals surface area contributed by atoms with Crippen LogP contribution in [0.5, 0.6) is 0 Å². The Morgan fingerprint density at radius 3 is 2.63 bits per heavy atom. The first-order valence-electron chi connectivity index (χ1n) is 8.50. The zero-order valence-electron chi connectivity index (χ0n) is 14.1. The second-order valence-electron chi connectivity index (χ2n) is 6.22. The standard InChI is InChI=1S/C21H14BrN3O2/c22-15-7-5-13(6-8-15)18-9-10-19(26-18)21-24-20(27-25-21)11-14-12-23-17-4-2-1-3-16(14)17/h1-10,12,23H,11H2. The second kappa shape index (κ2) is 6.55. The van der Waals surface area contributed by atoms with Crippen molar-refractivity contribution in [1.29, 1.82) is 0 Å². The summed E-state index contributed by atoms with van der Waals surface area (Å²) in [7, 11) is 0. The highest BCUT2D eigenvalue weighted by molar-refractivity contribution is 9.10. The van der Waals surface area contributed by atoms with Crippen molar-refractivity contribution in [2.45, 2.75) is 6.42 Å². The molecule has 0 saturated carbocycles. The van der Waals surface area contributed by atoms with Crippen molar-refractivity contribution in [1.82, 2.24) is 15.1 Å². The van der Waals surface area contributed by atoms with Gasteiger partial charge in [0.1, 0.15) is 5.76 Å². The predicted molar refractivity (Wildman–Crippen MR) is 106 cm³/mol. The summed E-state index contributed by atoms with van der Waals surface area (Å²) >= 11 is 3.44. The summed E-state index contributed by atoms with van der Waals surface area (Å²) in [4.78, 5) is 7.75. The van der Waals surface area contributed by atoms with Crippen LogP contribution in [0.2, 0.25) is 0 Å². The lowest BCUT2D eigenvalue weighted by Gasteiger charge is -1.96. The number of para-hydroxylation sites is 1. The first kappa shape index (κ1) is 16.1. The van der Waals surface area contributed by atoms with Gasteiger partial charge in [-0.1, -0.05) is 51.4 Å². The van der Waals surface area contributed by atoms with Gasteiger partial charge in [0.05, 0.1) is 6.42 Å². The molecule has 0 aliphatic heterocycles. The molecule has 0 bridgehead atoms. The van der Waals surface area contributed by atoms with E-state index < -0.39 is 0 Å². The molecule has 3 heterocycles. The Labute approximate surface area is 163 Å². The fraction of sp³-hybridized carbons (Fsp3) is 0.0476. The molecular weight excluding hydrogens is 406 g/mol. The summed E-state index contributed by atoms with van der Waals surface area (Å²) in [6.45, 7) is 0. The molecule has 5 nitrogen and oxygen atoms in total. The van der Waals surface area contributed by atoms with E-state index in [1.54, 1.807) is 0 Å². The molecule has 0 amide bonds. The van der Waals surface area contributed by atoms with Crippen LogP contribution in [0.3, 0.4) is 0 Å². The number of benzene rings is 2. The van der Waals surface area contributed by atoms with Gasteiger partial charge < -0.3 is 13.9 Å². The zero-order chi connectivity index (χ0) is 18.2. The van der Waals surface area contributed by atoms with Gasteiger partial charge in [0, 0.05) is 27.1 Å². The van der Waals surface area contributed by atoms with Crippen LogP contribution in [0, 0.1) is 0 Å². The summed E-state index contributed by atoms with van der Waals surface area (Å²) in [5, 5.41) is 5.23. The molecule has 2 aromatic carbocycles. The van der Waals surface area contributed by atoms with E-state index >= 15 is 0 Å². The van der Waals surface area contributed by atoms with Crippen LogP contribution in [-0.2, 0) is 6.42 Å². The number of fused-ring (bicyclic) bond motifs is 1. The van der Waals surface area contributed by atoms with Crippen molar-refractivity contribution in [2.24, 2.45) is 0 Å². The maximum Gasteiger partial charge on any atom is 0.238 e. The number of aromatic amines is 1. The van der Waals surface area contributed by atoms with Crippen LogP contribution < -0.4 is 0 Å². The Bertz CT molecular complexity index is 1220. The topological polar surface area (TPSA) is 67.8 Å². The van der Waals surface area contributed by atoms with Crippen molar-refractivity contribution in [3.05, 3.63) is 82.8 Å². The molecule has 132 valence electrons. The van der Waals surface area contributed by atoms with Crippen LogP contribution in [0.4, 0.5) is 0 Å². The first-order valence-corrected chi connectivity index (χ1v) is 9.29. The zero-order valence-corrected chi connectivity index (χ0v) is 15.7. The Morgan fingerprint density at radius 2 is 1.74 bits per heavy atom. The number of furan rings is 1. The summed E-state index contributed by atoms with van der Waals surface area (Å²) in [6.07, 6.45) is 2.55. The number of halogens is 1. The Balaban J connectivity index is 1.40. The minimum atomic E-state index is 0.452. The molecule has 0 radical (unpaired) electrons. The number of rotatable bonds is 4. The summed E-state index contributed by atoms with van der Waals surface area (Å²) in [6, 6.07) is 19.9. The van der Waals surface area contributed by atoms with Gasteiger partial charge >= 0.3 is 0 Å². The van der Waals surface area contributed by atoms with Gasteiger partial charge in [0.2, 0.25) is 11.7 Å². The third-order valence-corrected chi connectivity index (χ3v) is 4.97. The summed E-state index contributed by atoms with van der Waals surface area (Å²) < 4.78 is 12.4. The lowest BCUT2D eigenvalue weighted by Crippen LogP contribution is -1.87. The molecule has 0 atom stereocenters. The third kappa shape index (κ3) is 3.08. The van der Waals surface area contributed by atoms with E-state index in [0.717, 1.165) is 32.3 Å². The highest BCUT2D eigenvalue weighted by Gasteiger charge is 2.15. The predicted octanol–water partition coefficient (Wildman–Crippen LogP) is 5.83. The third-order valence-electron chi connectivity index (χ3n) is 4.44. The highest BCUT2D eigenvalue weighted by atomic mass is 79.9. The Hall–Kier alpha value is -3.12. The fourth-order valence-electron chi connectivity index (χ4n) is 3.09. The maximum atomic E-state index is 5.91. The Morgan fingerprint density at radius 1 is 0.926 bits per heavy atom. The van der Waals surface area contributed by atoms with Gasteiger partial charge in [-0.2, -0.15) is 4.98 Å². The average molecular weight is 420 g/mol. The molecule has 5 aromatic rings. The largest absolute Gasteiger partial charge is 0.453 e. The monoisotopic (exact) mass is 419 g/mol. The molecule has 6 heteroatoms. The molecule has 0 fully saturated rings. The quantitative estimate of drug-likeness (QED) is 0.397. The van der Waals surface area contributed by atoms with Gasteiger partial charge in [-0.25, -0.2) is 0 Å². The summed E-state index contributed by atoms with van der Waals surface area (Å²) in [5.74, 6) is 2.35. The van der Waals surface area contributed by atoms with Crippen molar-refractivity contribution in [2.75, 3.05) is 0 Å². The fourth-order valence-corrected chi connectivity index (χ4v) is 3.36. The number of hydrogen-bond donors (Lipinski definition) is 1. The van der Waals surface area contributed by atoms with Crippen molar-refractivity contribution in [3.8, 4) is 22.9 Å². The van der Waals surface area contributed by atoms with Gasteiger partial charge in [-0.3, -0.25) is 0 Å². The van der Waals surface area contributed by atoms with Crippen LogP contribution in [0.15, 0.2) is 80.3 Å². The van der Waals surface area contributed by atoms with Crippen LogP contribution >= 0.6 is 15.9 Å². The average Bonchev–Trinajstić information content (AvgIpc) is 3.43. The molecule has 0 aliphatic carbocycles. The van der Waals surface area contributed by atoms with Crippen LogP contribution in [-0.4, -0.2) is 15.1 Å². The van der Waals surface area contributed by atoms with E-state index in [0.29, 0.717) is 23.9 Å². The van der Waals surface area contributed by atoms with Gasteiger partial charge in [0.15, 0.2) is 5.76 Å². The van der Waals surface area contributed by atoms with E-state index in [-0.39, 0.29) is 0 Å². The number of nitrogens with one attached hydrogen (secondary N) is 1. The first-order chi connectivity index (χ1) is 13.3. The second-order valence-corrected chi connectivity index (χ2v) is 7.13. The van der Waals surface area contributed by atoms with E-state index in [4.69, 9.17) is 8.94 Å². The number of hydrogen-bond acceptors (Lipinski definition) is 4. The molecule has 27 heavy (non-hydrogen) atoms. The normalized spacial score (nSPS) is 11.3. The van der Waals surface area contributed by atoms with Crippen molar-refractivity contribution >= 4 is 26.8 Å². The Kier molecular flexibility index (Phi) is 3.90. The number of aromatic nitrogens is 3. The van der Waals surface area contributed by atoms with E-state index in [9.17, 15) is 0 Å². The van der Waals surface area contributed by atoms with Gasteiger partial charge in [-0.15, -0.1) is 0 Å². The van der Waals surface area contributed by atoms with Gasteiger partial charge in [-0.05, 0) is 35.9 Å². The lowest BCUT2D eigenvalue weighted by atomic mass is 10.1. The number of nitrogens with zero attached hydrogens (tertiary/aromatic N) is 2. The van der Waals surface area contributed by atoms with Crippen molar-refractivity contribution in [3.63, 3.8) is 0 Å². The van der Waals surface area contributed by atoms with E-state index in [1.807, 2.05) is 60.8 Å². The molecule has 3 aromatic heterocycles. The number of H-pyrrole nitrogens is 1. The maximum absolute atomic E-state index is 5.91. The molecule has 0 unspecified atom stereocenters. The van der Waals surface area contributed by atoms with Gasteiger partial charge in [0.25, 0.3) is 0 Å². The highest BCUT2D eigenvalue weighted by Crippen LogP contribution is 2.28. The van der Waals surface area contributed by atoms with E-state index in [1.165, 1.54) is 0 Å².